The van der Waals surface area contributed by atoms with Gasteiger partial charge in [0, 0.05) is 39.9 Å². The molecule has 0 radical (unpaired) electrons. The minimum Gasteiger partial charge on any atom is -0.492 e. The molecular formula is C54H71FO14. The largest absolute Gasteiger partial charge is 0.508 e. The van der Waals surface area contributed by atoms with Gasteiger partial charge in [0.2, 0.25) is 0 Å². The van der Waals surface area contributed by atoms with Crippen LogP contribution in [0.1, 0.15) is 127 Å². The van der Waals surface area contributed by atoms with Gasteiger partial charge in [-0.3, -0.25) is 0 Å². The first-order chi connectivity index (χ1) is 33.2. The molecule has 14 nitrogen and oxygen atoms in total. The number of halogens is 1. The first kappa shape index (κ1) is 52.8. The maximum atomic E-state index is 16.7. The average molecular weight is 963 g/mol. The predicted octanol–water partition coefficient (Wildman–Crippen LogP) is 11.3. The van der Waals surface area contributed by atoms with E-state index in [4.69, 9.17) is 42.6 Å². The van der Waals surface area contributed by atoms with Crippen molar-refractivity contribution in [3.05, 3.63) is 77.1 Å². The molecule has 4 fully saturated rings. The number of benzene rings is 2. The minimum absolute atomic E-state index is 0.0221. The second-order valence-electron chi connectivity index (χ2n) is 19.8. The zero-order valence-electron chi connectivity index (χ0n) is 40.8. The summed E-state index contributed by atoms with van der Waals surface area (Å²) in [7, 11) is 0. The fourth-order valence-electron chi connectivity index (χ4n) is 10.0. The Morgan fingerprint density at radius 1 is 0.652 bits per heavy atom. The molecule has 378 valence electrons. The number of cyclic esters (lactones) is 6. The molecule has 3 aliphatic heterocycles. The van der Waals surface area contributed by atoms with E-state index in [1.807, 2.05) is 18.2 Å². The Balaban J connectivity index is 1.36. The van der Waals surface area contributed by atoms with Gasteiger partial charge in [0.05, 0.1) is 13.2 Å². The van der Waals surface area contributed by atoms with E-state index in [0.717, 1.165) is 48.3 Å². The molecule has 3 heterocycles. The lowest BCUT2D eigenvalue weighted by Gasteiger charge is -2.39. The summed E-state index contributed by atoms with van der Waals surface area (Å²) in [5, 5.41) is 0. The number of hydrogen-bond acceptors (Lipinski definition) is 14. The summed E-state index contributed by atoms with van der Waals surface area (Å²) < 4.78 is 66.7. The van der Waals surface area contributed by atoms with E-state index in [2.05, 4.69) is 26.1 Å². The van der Waals surface area contributed by atoms with Crippen LogP contribution in [0, 0.1) is 34.9 Å². The topological polar surface area (TPSA) is 168 Å². The van der Waals surface area contributed by atoms with Gasteiger partial charge in [-0.05, 0) is 137 Å². The third kappa shape index (κ3) is 16.0. The number of aryl methyl sites for hydroxylation is 2. The summed E-state index contributed by atoms with van der Waals surface area (Å²) in [6.07, 6.45) is 10.4. The van der Waals surface area contributed by atoms with E-state index < -0.39 is 35.8 Å². The van der Waals surface area contributed by atoms with Crippen LogP contribution in [0.25, 0.3) is 11.1 Å². The summed E-state index contributed by atoms with van der Waals surface area (Å²) >= 11 is 0. The van der Waals surface area contributed by atoms with Crippen molar-refractivity contribution < 1.29 is 71.0 Å². The maximum absolute atomic E-state index is 16.7. The number of ether oxygens (including phenoxy) is 9. The third-order valence-corrected chi connectivity index (χ3v) is 13.8. The van der Waals surface area contributed by atoms with Crippen LogP contribution in [0.3, 0.4) is 0 Å². The Kier molecular flexibility index (Phi) is 19.8. The van der Waals surface area contributed by atoms with Crippen molar-refractivity contribution in [2.75, 3.05) is 59.5 Å². The molecular weight excluding hydrogens is 892 g/mol. The zero-order valence-corrected chi connectivity index (χ0v) is 40.8. The number of carbonyl (C=O) groups is 5. The molecule has 0 N–H and O–H groups in total. The molecule has 4 aliphatic rings. The highest BCUT2D eigenvalue weighted by Gasteiger charge is 2.42. The second-order valence-corrected chi connectivity index (χ2v) is 19.8. The monoisotopic (exact) mass is 962 g/mol. The predicted molar refractivity (Wildman–Crippen MR) is 253 cm³/mol. The van der Waals surface area contributed by atoms with Gasteiger partial charge in [-0.2, -0.15) is 0 Å². The number of hydrogen-bond donors (Lipinski definition) is 0. The first-order valence-electron chi connectivity index (χ1n) is 24.8. The van der Waals surface area contributed by atoms with Crippen LogP contribution in [0.15, 0.2) is 54.6 Å². The van der Waals surface area contributed by atoms with Gasteiger partial charge < -0.3 is 42.6 Å². The highest BCUT2D eigenvalue weighted by atomic mass is 19.1. The normalized spacial score (nSPS) is 19.2. The number of carbonyl (C=O) groups excluding carboxylic acids is 5. The van der Waals surface area contributed by atoms with Crippen LogP contribution < -0.4 is 4.74 Å². The van der Waals surface area contributed by atoms with E-state index in [-0.39, 0.29) is 94.2 Å². The molecule has 0 unspecified atom stereocenters. The van der Waals surface area contributed by atoms with Crippen molar-refractivity contribution in [3.63, 3.8) is 0 Å². The quantitative estimate of drug-likeness (QED) is 0.0399. The molecule has 69 heavy (non-hydrogen) atoms. The molecule has 1 saturated carbocycles. The molecule has 0 aromatic heterocycles. The van der Waals surface area contributed by atoms with Crippen molar-refractivity contribution in [1.82, 2.24) is 0 Å². The van der Waals surface area contributed by atoms with Gasteiger partial charge >= 0.3 is 30.4 Å². The molecule has 1 aliphatic carbocycles. The Morgan fingerprint density at radius 3 is 1.71 bits per heavy atom. The minimum atomic E-state index is -0.981. The lowest BCUT2D eigenvalue weighted by atomic mass is 9.74. The Labute approximate surface area is 405 Å². The van der Waals surface area contributed by atoms with Gasteiger partial charge in [-0.1, -0.05) is 57.9 Å². The molecule has 0 spiro atoms. The van der Waals surface area contributed by atoms with Crippen molar-refractivity contribution >= 4 is 30.4 Å². The van der Waals surface area contributed by atoms with Gasteiger partial charge in [-0.15, -0.1) is 0 Å². The van der Waals surface area contributed by atoms with E-state index in [0.29, 0.717) is 67.7 Å². The van der Waals surface area contributed by atoms with E-state index in [1.165, 1.54) is 25.7 Å². The molecule has 6 rings (SSSR count). The fraction of sp³-hybridized carbons (Fsp3) is 0.611. The van der Waals surface area contributed by atoms with Crippen LogP contribution in [-0.2, 0) is 60.3 Å². The van der Waals surface area contributed by atoms with Crippen molar-refractivity contribution in [3.8, 4) is 16.9 Å². The lowest BCUT2D eigenvalue weighted by molar-refractivity contribution is -0.146. The standard InChI is InChI=1S/C54H71FO14/c1-6-7-8-11-37-15-17-41(18-16-37)42-19-20-46(47(55)24-42)45-22-43(13-9-12-38-27-62-51(58)63-28-38)48(44(23-45)14-10-21-61-49(56)35(2)3)68-33-54(34-69-50(57)36(4)5,25-39-29-64-52(59)65-30-39)26-40-31-66-53(60)67-32-40/h19-20,22-24,37-41H,2,4,6-18,21,25-34H2,1,3,5H3. The molecule has 3 saturated heterocycles. The maximum Gasteiger partial charge on any atom is 0.508 e. The Hall–Kier alpha value is -5.60. The van der Waals surface area contributed by atoms with Crippen molar-refractivity contribution in [2.24, 2.45) is 29.1 Å². The smallest absolute Gasteiger partial charge is 0.492 e. The molecule has 2 aromatic carbocycles. The van der Waals surface area contributed by atoms with Gasteiger partial charge in [-0.25, -0.2) is 28.4 Å². The van der Waals surface area contributed by atoms with E-state index >= 15 is 4.39 Å². The molecule has 2 aromatic rings. The van der Waals surface area contributed by atoms with Crippen LogP contribution in [0.4, 0.5) is 18.8 Å². The van der Waals surface area contributed by atoms with Gasteiger partial charge in [0.1, 0.15) is 57.8 Å². The van der Waals surface area contributed by atoms with Crippen LogP contribution in [0.5, 0.6) is 5.75 Å². The summed E-state index contributed by atoms with van der Waals surface area (Å²) in [6.45, 7) is 13.5. The van der Waals surface area contributed by atoms with Crippen molar-refractivity contribution in [2.45, 2.75) is 123 Å². The highest BCUT2D eigenvalue weighted by molar-refractivity contribution is 5.87. The van der Waals surface area contributed by atoms with Crippen LogP contribution >= 0.6 is 0 Å². The Bertz CT molecular complexity index is 2060. The first-order valence-corrected chi connectivity index (χ1v) is 24.8. The molecule has 0 amide bonds. The van der Waals surface area contributed by atoms with E-state index in [1.54, 1.807) is 19.9 Å². The summed E-state index contributed by atoms with van der Waals surface area (Å²) in [4.78, 5) is 61.1. The second kappa shape index (κ2) is 25.8. The van der Waals surface area contributed by atoms with Gasteiger partial charge in [0.15, 0.2) is 0 Å². The van der Waals surface area contributed by atoms with Crippen molar-refractivity contribution in [1.29, 1.82) is 0 Å². The molecule has 0 bridgehead atoms. The average Bonchev–Trinajstić information content (AvgIpc) is 3.34. The number of rotatable bonds is 25. The van der Waals surface area contributed by atoms with Gasteiger partial charge in [0.25, 0.3) is 0 Å². The molecule has 15 heteroatoms. The summed E-state index contributed by atoms with van der Waals surface area (Å²) in [6, 6.07) is 9.52. The zero-order chi connectivity index (χ0) is 49.3. The van der Waals surface area contributed by atoms with Crippen LogP contribution in [-0.4, -0.2) is 89.9 Å². The third-order valence-electron chi connectivity index (χ3n) is 13.8. The SMILES string of the molecule is C=C(C)C(=O)OCCCc1cc(-c2ccc(C3CCC(CCCCC)CC3)cc2F)cc(CCCC2COC(=O)OC2)c1OCC(COC(=O)C(=C)C)(CC1COC(=O)OC1)CC1COC(=O)OC1. The lowest BCUT2D eigenvalue weighted by Crippen LogP contribution is -2.43. The summed E-state index contributed by atoms with van der Waals surface area (Å²) in [5.74, 6) is -0.504. The highest BCUT2D eigenvalue weighted by Crippen LogP contribution is 2.42. The molecule has 0 atom stereocenters. The summed E-state index contributed by atoms with van der Waals surface area (Å²) in [5.41, 5.74) is 3.15. The number of esters is 2. The number of unbranched alkanes of at least 4 members (excludes halogenated alkanes) is 2. The van der Waals surface area contributed by atoms with E-state index in [9.17, 15) is 24.0 Å². The fourth-order valence-corrected chi connectivity index (χ4v) is 10.0. The van der Waals surface area contributed by atoms with Crippen LogP contribution in [0.2, 0.25) is 0 Å². The Morgan fingerprint density at radius 2 is 1.17 bits per heavy atom.